The summed E-state index contributed by atoms with van der Waals surface area (Å²) in [5, 5.41) is 0. The Morgan fingerprint density at radius 3 is 2.00 bits per heavy atom. The zero-order valence-electron chi connectivity index (χ0n) is 5.33. The van der Waals surface area contributed by atoms with E-state index in [1.54, 1.807) is 12.1 Å². The number of rotatable bonds is 0. The summed E-state index contributed by atoms with van der Waals surface area (Å²) in [6.45, 7) is 0. The fourth-order valence-corrected chi connectivity index (χ4v) is 0.844. The van der Waals surface area contributed by atoms with E-state index in [1.807, 2.05) is 0 Å². The molecule has 10 heavy (non-hydrogen) atoms. The van der Waals surface area contributed by atoms with Crippen molar-refractivity contribution < 1.29 is 0 Å². The topological polar surface area (TPSA) is 78.1 Å². The van der Waals surface area contributed by atoms with E-state index < -0.39 is 0 Å². The van der Waals surface area contributed by atoms with E-state index in [1.165, 1.54) is 0 Å². The van der Waals surface area contributed by atoms with E-state index in [-0.39, 0.29) is 0 Å². The monoisotopic (exact) mass is 155 g/mol. The van der Waals surface area contributed by atoms with Crippen molar-refractivity contribution in [3.05, 3.63) is 12.1 Å². The van der Waals surface area contributed by atoms with Crippen LogP contribution in [0.2, 0.25) is 0 Å². The van der Waals surface area contributed by atoms with Gasteiger partial charge in [-0.1, -0.05) is 0 Å². The largest absolute Gasteiger partial charge is 0.398 e. The molecule has 3 nitrogen and oxygen atoms in total. The third-order valence-electron chi connectivity index (χ3n) is 1.28. The Labute approximate surface area is 64.6 Å². The molecule has 0 radical (unpaired) electrons. The number of hydrogen-bond donors (Lipinski definition) is 4. The number of thiol groups is 1. The molecule has 0 unspecified atom stereocenters. The molecule has 0 spiro atoms. The lowest BCUT2D eigenvalue weighted by Gasteiger charge is -2.04. The number of hydrogen-bond acceptors (Lipinski definition) is 4. The summed E-state index contributed by atoms with van der Waals surface area (Å²) >= 11 is 4.05. The van der Waals surface area contributed by atoms with Gasteiger partial charge in [0, 0.05) is 5.69 Å². The van der Waals surface area contributed by atoms with Gasteiger partial charge in [0.1, 0.15) is 0 Å². The maximum Gasteiger partial charge on any atom is 0.0704 e. The number of anilines is 3. The highest BCUT2D eigenvalue weighted by molar-refractivity contribution is 7.80. The van der Waals surface area contributed by atoms with Crippen LogP contribution >= 0.6 is 12.6 Å². The van der Waals surface area contributed by atoms with Gasteiger partial charge < -0.3 is 17.2 Å². The summed E-state index contributed by atoms with van der Waals surface area (Å²) in [5.41, 5.74) is 18.0. The molecule has 0 aliphatic rings. The van der Waals surface area contributed by atoms with E-state index in [0.29, 0.717) is 22.0 Å². The van der Waals surface area contributed by atoms with Crippen molar-refractivity contribution in [3.8, 4) is 0 Å². The van der Waals surface area contributed by atoms with Crippen LogP contribution < -0.4 is 17.2 Å². The van der Waals surface area contributed by atoms with E-state index in [9.17, 15) is 0 Å². The summed E-state index contributed by atoms with van der Waals surface area (Å²) in [6, 6.07) is 3.33. The highest BCUT2D eigenvalue weighted by Crippen LogP contribution is 2.28. The third-order valence-corrected chi connectivity index (χ3v) is 1.78. The summed E-state index contributed by atoms with van der Waals surface area (Å²) < 4.78 is 0. The molecule has 0 bridgehead atoms. The van der Waals surface area contributed by atoms with Crippen molar-refractivity contribution in [3.63, 3.8) is 0 Å². The highest BCUT2D eigenvalue weighted by Gasteiger charge is 2.00. The Balaban J connectivity index is 3.34. The second kappa shape index (κ2) is 2.30. The summed E-state index contributed by atoms with van der Waals surface area (Å²) in [6.07, 6.45) is 0. The summed E-state index contributed by atoms with van der Waals surface area (Å²) in [4.78, 5) is 0.556. The lowest BCUT2D eigenvalue weighted by molar-refractivity contribution is 1.47. The average molecular weight is 155 g/mol. The highest BCUT2D eigenvalue weighted by atomic mass is 32.1. The van der Waals surface area contributed by atoms with Crippen LogP contribution in [-0.4, -0.2) is 0 Å². The molecule has 0 atom stereocenters. The first-order chi connectivity index (χ1) is 4.63. The first-order valence-corrected chi connectivity index (χ1v) is 3.20. The maximum absolute atomic E-state index is 5.50. The molecule has 0 amide bonds. The standard InChI is InChI=1S/C6H9N3S/c7-3-1-2-4(8)6(10)5(3)9/h1-2,10H,7-9H2. The van der Waals surface area contributed by atoms with Gasteiger partial charge in [0.15, 0.2) is 0 Å². The molecule has 0 aromatic heterocycles. The molecular formula is C6H9N3S. The molecule has 54 valence electrons. The van der Waals surface area contributed by atoms with Crippen LogP contribution in [0.5, 0.6) is 0 Å². The van der Waals surface area contributed by atoms with Crippen molar-refractivity contribution in [2.75, 3.05) is 17.2 Å². The molecule has 1 aromatic rings. The molecule has 0 heterocycles. The predicted octanol–water partition coefficient (Wildman–Crippen LogP) is 0.722. The van der Waals surface area contributed by atoms with E-state index in [0.717, 1.165) is 0 Å². The molecule has 0 saturated heterocycles. The van der Waals surface area contributed by atoms with Gasteiger partial charge in [-0.3, -0.25) is 0 Å². The van der Waals surface area contributed by atoms with Gasteiger partial charge in [0.05, 0.1) is 16.3 Å². The van der Waals surface area contributed by atoms with Crippen LogP contribution in [0.15, 0.2) is 17.0 Å². The molecule has 0 fully saturated rings. The van der Waals surface area contributed by atoms with Gasteiger partial charge in [-0.05, 0) is 12.1 Å². The Morgan fingerprint density at radius 2 is 1.50 bits per heavy atom. The third kappa shape index (κ3) is 0.974. The van der Waals surface area contributed by atoms with Gasteiger partial charge in [-0.2, -0.15) is 0 Å². The van der Waals surface area contributed by atoms with Gasteiger partial charge in [0.25, 0.3) is 0 Å². The lowest BCUT2D eigenvalue weighted by atomic mass is 10.2. The molecule has 4 heteroatoms. The summed E-state index contributed by atoms with van der Waals surface area (Å²) in [5.74, 6) is 0. The fraction of sp³-hybridized carbons (Fsp3) is 0. The van der Waals surface area contributed by atoms with Gasteiger partial charge in [-0.25, -0.2) is 0 Å². The molecular weight excluding hydrogens is 146 g/mol. The van der Waals surface area contributed by atoms with Crippen molar-refractivity contribution in [2.24, 2.45) is 0 Å². The Morgan fingerprint density at radius 1 is 1.00 bits per heavy atom. The maximum atomic E-state index is 5.50. The van der Waals surface area contributed by atoms with Crippen LogP contribution in [0.1, 0.15) is 0 Å². The van der Waals surface area contributed by atoms with Crippen molar-refractivity contribution in [1.82, 2.24) is 0 Å². The van der Waals surface area contributed by atoms with Crippen LogP contribution in [0.4, 0.5) is 17.1 Å². The molecule has 6 N–H and O–H groups in total. The normalized spacial score (nSPS) is 9.70. The molecule has 0 aliphatic heterocycles. The molecule has 0 aliphatic carbocycles. The van der Waals surface area contributed by atoms with Crippen LogP contribution in [0.3, 0.4) is 0 Å². The second-order valence-electron chi connectivity index (χ2n) is 2.01. The van der Waals surface area contributed by atoms with Crippen molar-refractivity contribution in [1.29, 1.82) is 0 Å². The zero-order chi connectivity index (χ0) is 7.72. The van der Waals surface area contributed by atoms with Gasteiger partial charge in [0.2, 0.25) is 0 Å². The van der Waals surface area contributed by atoms with Crippen LogP contribution in [-0.2, 0) is 0 Å². The predicted molar refractivity (Wildman–Crippen MR) is 46.9 cm³/mol. The fourth-order valence-electron chi connectivity index (χ4n) is 0.640. The zero-order valence-corrected chi connectivity index (χ0v) is 6.23. The first kappa shape index (κ1) is 7.08. The van der Waals surface area contributed by atoms with Crippen molar-refractivity contribution in [2.45, 2.75) is 4.90 Å². The molecule has 1 rings (SSSR count). The summed E-state index contributed by atoms with van der Waals surface area (Å²) in [7, 11) is 0. The van der Waals surface area contributed by atoms with Crippen LogP contribution in [0.25, 0.3) is 0 Å². The van der Waals surface area contributed by atoms with Crippen LogP contribution in [0, 0.1) is 0 Å². The lowest BCUT2D eigenvalue weighted by Crippen LogP contribution is -1.98. The minimum absolute atomic E-state index is 0.448. The van der Waals surface area contributed by atoms with Crippen molar-refractivity contribution >= 4 is 29.7 Å². The van der Waals surface area contributed by atoms with E-state index in [4.69, 9.17) is 17.2 Å². The minimum atomic E-state index is 0.448. The van der Waals surface area contributed by atoms with E-state index in [2.05, 4.69) is 12.6 Å². The Hall–Kier alpha value is -1.03. The Bertz CT molecular complexity index is 232. The first-order valence-electron chi connectivity index (χ1n) is 2.75. The number of nitrogens with two attached hydrogens (primary N) is 3. The number of nitrogen functional groups attached to an aromatic ring is 3. The SMILES string of the molecule is Nc1ccc(N)c(S)c1N. The van der Waals surface area contributed by atoms with E-state index >= 15 is 0 Å². The van der Waals surface area contributed by atoms with Gasteiger partial charge in [-0.15, -0.1) is 12.6 Å². The number of benzene rings is 1. The smallest absolute Gasteiger partial charge is 0.0704 e. The molecule has 1 aromatic carbocycles. The minimum Gasteiger partial charge on any atom is -0.398 e. The molecule has 0 saturated carbocycles. The second-order valence-corrected chi connectivity index (χ2v) is 2.45. The Kier molecular flexibility index (Phi) is 1.63. The quantitative estimate of drug-likeness (QED) is 0.329. The average Bonchev–Trinajstić information content (AvgIpc) is 1.93. The van der Waals surface area contributed by atoms with Gasteiger partial charge >= 0.3 is 0 Å².